The number of hydrogen-bond acceptors (Lipinski definition) is 6. The Labute approximate surface area is 150 Å². The smallest absolute Gasteiger partial charge is 0.407 e. The van der Waals surface area contributed by atoms with E-state index >= 15 is 0 Å². The Morgan fingerprint density at radius 1 is 1.31 bits per heavy atom. The van der Waals surface area contributed by atoms with Gasteiger partial charge in [-0.1, -0.05) is 0 Å². The number of rotatable bonds is 4. The number of nitrogens with one attached hydrogen (secondary N) is 2. The fourth-order valence-corrected chi connectivity index (χ4v) is 3.97. The van der Waals surface area contributed by atoms with Crippen LogP contribution in [-0.4, -0.2) is 62.4 Å². The van der Waals surface area contributed by atoms with E-state index < -0.39 is 6.09 Å². The lowest BCUT2D eigenvalue weighted by atomic mass is 9.79. The van der Waals surface area contributed by atoms with Gasteiger partial charge in [0.15, 0.2) is 5.82 Å². The van der Waals surface area contributed by atoms with Crippen LogP contribution in [0.15, 0.2) is 18.3 Å². The van der Waals surface area contributed by atoms with E-state index in [0.717, 1.165) is 25.3 Å². The number of carbonyl (C=O) groups is 1. The highest BCUT2D eigenvalue weighted by atomic mass is 16.4. The second-order valence-electron chi connectivity index (χ2n) is 7.66. The zero-order valence-corrected chi connectivity index (χ0v) is 14.4. The Bertz CT molecular complexity index is 841. The molecule has 2 saturated heterocycles. The molecule has 2 aromatic heterocycles. The fraction of sp³-hybridized carbons (Fsp3) is 0.529. The molecule has 9 heteroatoms. The number of anilines is 3. The van der Waals surface area contributed by atoms with Gasteiger partial charge in [0, 0.05) is 55.5 Å². The minimum Gasteiger partial charge on any atom is -0.465 e. The molecule has 3 aliphatic rings. The van der Waals surface area contributed by atoms with Gasteiger partial charge in [-0.3, -0.25) is 5.10 Å². The molecule has 1 saturated carbocycles. The molecular weight excluding hydrogens is 334 g/mol. The number of amides is 1. The summed E-state index contributed by atoms with van der Waals surface area (Å²) in [5, 5.41) is 19.7. The van der Waals surface area contributed by atoms with Crippen LogP contribution in [0.2, 0.25) is 0 Å². The standard InChI is InChI=1S/C17H21N7O2/c25-16(26)24-9-17(10-24)4-6-23(8-17)15-18-5-3-13(20-15)19-14-7-12(21-22-14)11-1-2-11/h3,5,7,11H,1-2,4,6,8-10H2,(H,25,26)(H2,18,19,20,21,22). The average Bonchev–Trinajstić information content (AvgIpc) is 3.17. The van der Waals surface area contributed by atoms with Crippen molar-refractivity contribution < 1.29 is 9.90 Å². The number of H-pyrrole nitrogens is 1. The molecule has 3 N–H and O–H groups in total. The summed E-state index contributed by atoms with van der Waals surface area (Å²) in [6.45, 7) is 2.86. The maximum absolute atomic E-state index is 11.0. The SMILES string of the molecule is O=C(O)N1CC2(CCN(c3nccc(Nc4cc(C5CC5)[nH]n4)n3)C2)C1. The summed E-state index contributed by atoms with van der Waals surface area (Å²) in [5.74, 6) is 2.79. The molecule has 1 spiro atoms. The summed E-state index contributed by atoms with van der Waals surface area (Å²) in [6, 6.07) is 3.87. The van der Waals surface area contributed by atoms with Crippen LogP contribution in [-0.2, 0) is 0 Å². The lowest BCUT2D eigenvalue weighted by molar-refractivity contribution is 0.0251. The third-order valence-corrected chi connectivity index (χ3v) is 5.56. The highest BCUT2D eigenvalue weighted by Crippen LogP contribution is 2.41. The number of likely N-dealkylation sites (tertiary alicyclic amines) is 1. The fourth-order valence-electron chi connectivity index (χ4n) is 3.97. The Morgan fingerprint density at radius 2 is 2.15 bits per heavy atom. The third kappa shape index (κ3) is 2.73. The van der Waals surface area contributed by atoms with Crippen molar-refractivity contribution in [1.29, 1.82) is 0 Å². The third-order valence-electron chi connectivity index (χ3n) is 5.56. The van der Waals surface area contributed by atoms with E-state index in [1.165, 1.54) is 23.4 Å². The van der Waals surface area contributed by atoms with Gasteiger partial charge in [-0.05, 0) is 25.3 Å². The monoisotopic (exact) mass is 355 g/mol. The maximum atomic E-state index is 11.0. The second kappa shape index (κ2) is 5.58. The van der Waals surface area contributed by atoms with Gasteiger partial charge in [0.25, 0.3) is 0 Å². The van der Waals surface area contributed by atoms with Crippen LogP contribution in [0.4, 0.5) is 22.4 Å². The summed E-state index contributed by atoms with van der Waals surface area (Å²) >= 11 is 0. The van der Waals surface area contributed by atoms with E-state index in [1.54, 1.807) is 6.20 Å². The first-order valence-electron chi connectivity index (χ1n) is 8.98. The normalized spacial score (nSPS) is 21.1. The Balaban J connectivity index is 1.26. The predicted octanol–water partition coefficient (Wildman–Crippen LogP) is 2.01. The van der Waals surface area contributed by atoms with Crippen LogP contribution in [0.3, 0.4) is 0 Å². The molecule has 0 aromatic carbocycles. The summed E-state index contributed by atoms with van der Waals surface area (Å²) < 4.78 is 0. The van der Waals surface area contributed by atoms with E-state index in [0.29, 0.717) is 30.8 Å². The molecule has 136 valence electrons. The van der Waals surface area contributed by atoms with Crippen molar-refractivity contribution in [2.24, 2.45) is 5.41 Å². The van der Waals surface area contributed by atoms with Crippen molar-refractivity contribution in [3.05, 3.63) is 24.0 Å². The summed E-state index contributed by atoms with van der Waals surface area (Å²) in [5.41, 5.74) is 1.24. The van der Waals surface area contributed by atoms with E-state index in [9.17, 15) is 4.79 Å². The molecule has 1 amide bonds. The van der Waals surface area contributed by atoms with Gasteiger partial charge < -0.3 is 20.2 Å². The number of hydrogen-bond donors (Lipinski definition) is 3. The van der Waals surface area contributed by atoms with Gasteiger partial charge in [-0.25, -0.2) is 9.78 Å². The Kier molecular flexibility index (Phi) is 3.31. The minimum atomic E-state index is -0.832. The molecule has 5 rings (SSSR count). The minimum absolute atomic E-state index is 0.0620. The van der Waals surface area contributed by atoms with E-state index in [1.807, 2.05) is 12.1 Å². The zero-order chi connectivity index (χ0) is 17.7. The van der Waals surface area contributed by atoms with Gasteiger partial charge in [0.05, 0.1) is 0 Å². The first-order valence-corrected chi connectivity index (χ1v) is 8.98. The number of aromatic amines is 1. The predicted molar refractivity (Wildman–Crippen MR) is 94.7 cm³/mol. The lowest BCUT2D eigenvalue weighted by Crippen LogP contribution is -2.59. The Morgan fingerprint density at radius 3 is 2.92 bits per heavy atom. The average molecular weight is 355 g/mol. The van der Waals surface area contributed by atoms with Crippen molar-refractivity contribution >= 4 is 23.7 Å². The van der Waals surface area contributed by atoms with Crippen molar-refractivity contribution in [2.45, 2.75) is 25.2 Å². The van der Waals surface area contributed by atoms with Crippen molar-refractivity contribution in [2.75, 3.05) is 36.4 Å². The number of carboxylic acid groups (broad SMARTS) is 1. The highest BCUT2D eigenvalue weighted by molar-refractivity contribution is 5.66. The molecule has 3 fully saturated rings. The van der Waals surface area contributed by atoms with Crippen LogP contribution in [0.25, 0.3) is 0 Å². The first kappa shape index (κ1) is 15.4. The summed E-state index contributed by atoms with van der Waals surface area (Å²) in [7, 11) is 0. The lowest BCUT2D eigenvalue weighted by Gasteiger charge is -2.46. The topological polar surface area (TPSA) is 110 Å². The summed E-state index contributed by atoms with van der Waals surface area (Å²) in [4.78, 5) is 23.6. The van der Waals surface area contributed by atoms with Gasteiger partial charge >= 0.3 is 6.09 Å². The van der Waals surface area contributed by atoms with Crippen LogP contribution in [0, 0.1) is 5.41 Å². The van der Waals surface area contributed by atoms with Crippen LogP contribution in [0.1, 0.15) is 30.9 Å². The van der Waals surface area contributed by atoms with Crippen LogP contribution >= 0.6 is 0 Å². The van der Waals surface area contributed by atoms with Crippen LogP contribution in [0.5, 0.6) is 0 Å². The van der Waals surface area contributed by atoms with Gasteiger partial charge in [-0.2, -0.15) is 10.1 Å². The van der Waals surface area contributed by atoms with Gasteiger partial charge in [0.2, 0.25) is 5.95 Å². The molecule has 2 aromatic rings. The molecule has 26 heavy (non-hydrogen) atoms. The van der Waals surface area contributed by atoms with Gasteiger partial charge in [-0.15, -0.1) is 0 Å². The first-order chi connectivity index (χ1) is 12.6. The molecule has 0 bridgehead atoms. The molecule has 9 nitrogen and oxygen atoms in total. The second-order valence-corrected chi connectivity index (χ2v) is 7.66. The van der Waals surface area contributed by atoms with Crippen LogP contribution < -0.4 is 10.2 Å². The van der Waals surface area contributed by atoms with Crippen molar-refractivity contribution in [3.8, 4) is 0 Å². The largest absolute Gasteiger partial charge is 0.465 e. The maximum Gasteiger partial charge on any atom is 0.407 e. The number of nitrogens with zero attached hydrogens (tertiary/aromatic N) is 5. The van der Waals surface area contributed by atoms with E-state index in [2.05, 4.69) is 30.4 Å². The molecule has 2 aliphatic heterocycles. The number of aromatic nitrogens is 4. The Hall–Kier alpha value is -2.84. The van der Waals surface area contributed by atoms with E-state index in [4.69, 9.17) is 5.11 Å². The summed E-state index contributed by atoms with van der Waals surface area (Å²) in [6.07, 6.45) is 4.35. The molecule has 4 heterocycles. The highest BCUT2D eigenvalue weighted by Gasteiger charge is 2.49. The molecule has 0 atom stereocenters. The molecule has 1 aliphatic carbocycles. The molecular formula is C17H21N7O2. The molecule has 0 radical (unpaired) electrons. The van der Waals surface area contributed by atoms with E-state index in [-0.39, 0.29) is 5.41 Å². The van der Waals surface area contributed by atoms with Gasteiger partial charge in [0.1, 0.15) is 5.82 Å². The van der Waals surface area contributed by atoms with Crippen molar-refractivity contribution in [3.63, 3.8) is 0 Å². The van der Waals surface area contributed by atoms with Crippen molar-refractivity contribution in [1.82, 2.24) is 25.1 Å². The zero-order valence-electron chi connectivity index (χ0n) is 14.4. The quantitative estimate of drug-likeness (QED) is 0.769. The molecule has 0 unspecified atom stereocenters.